The fraction of sp³-hybridized carbons (Fsp3) is 0. The maximum atomic E-state index is 9.31. The van der Waals surface area contributed by atoms with Gasteiger partial charge in [-0.25, -0.2) is 19.9 Å². The third kappa shape index (κ3) is 5.27. The Balaban J connectivity index is 1.27. The predicted octanol–water partition coefficient (Wildman–Crippen LogP) is 12.6. The lowest BCUT2D eigenvalue weighted by Gasteiger charge is -2.18. The first kappa shape index (κ1) is 24.6. The molecule has 7 aromatic carbocycles. The number of hydrogen-bond acceptors (Lipinski definition) is 5. The summed E-state index contributed by atoms with van der Waals surface area (Å²) in [5.41, 5.74) is 6.21. The zero-order valence-electron chi connectivity index (χ0n) is 37.4. The lowest BCUT2D eigenvalue weighted by atomic mass is 9.95. The summed E-state index contributed by atoms with van der Waals surface area (Å²) in [6.45, 7) is 0. The van der Waals surface area contributed by atoms with E-state index in [1.807, 2.05) is 127 Å². The largest absolute Gasteiger partial charge is 0.438 e. The molecule has 0 radical (unpaired) electrons. The van der Waals surface area contributed by atoms with Crippen LogP contribution in [0, 0.1) is 0 Å². The topological polar surface area (TPSA) is 69.6 Å². The van der Waals surface area contributed by atoms with Crippen molar-refractivity contribution < 1.29 is 15.4 Å². The molecule has 0 saturated heterocycles. The summed E-state index contributed by atoms with van der Waals surface area (Å²) in [5.74, 6) is 0.709. The Morgan fingerprint density at radius 2 is 1.04 bits per heavy atom. The third-order valence-corrected chi connectivity index (χ3v) is 9.98. The Hall–Kier alpha value is -7.70. The van der Waals surface area contributed by atoms with Gasteiger partial charge in [0.25, 0.3) is 0 Å². The number of pyridine rings is 1. The van der Waals surface area contributed by atoms with Gasteiger partial charge in [0.15, 0.2) is 17.5 Å². The molecule has 0 saturated carbocycles. The van der Waals surface area contributed by atoms with Crippen molar-refractivity contribution in [2.24, 2.45) is 0 Å². The second-order valence-electron chi connectivity index (χ2n) is 13.2. The number of fused-ring (bicyclic) bond motifs is 6. The van der Waals surface area contributed by atoms with Gasteiger partial charge in [-0.15, -0.1) is 0 Å². The van der Waals surface area contributed by atoms with E-state index in [1.54, 1.807) is 12.1 Å². The van der Waals surface area contributed by atoms with Crippen molar-refractivity contribution in [2.45, 2.75) is 0 Å². The van der Waals surface area contributed by atoms with Gasteiger partial charge in [0.2, 0.25) is 5.71 Å². The van der Waals surface area contributed by atoms with E-state index in [2.05, 4.69) is 0 Å². The van der Waals surface area contributed by atoms with Gasteiger partial charge >= 0.3 is 0 Å². The van der Waals surface area contributed by atoms with Gasteiger partial charge < -0.3 is 8.98 Å². The fourth-order valence-electron chi connectivity index (χ4n) is 7.39. The molecule has 0 N–H and O–H groups in total. The molecule has 0 fully saturated rings. The maximum Gasteiger partial charge on any atom is 0.227 e. The van der Waals surface area contributed by atoms with E-state index in [-0.39, 0.29) is 33.5 Å². The molecule has 56 heavy (non-hydrogen) atoms. The van der Waals surface area contributed by atoms with Crippen molar-refractivity contribution >= 4 is 43.9 Å². The van der Waals surface area contributed by atoms with Crippen molar-refractivity contribution in [3.63, 3.8) is 0 Å². The van der Waals surface area contributed by atoms with E-state index >= 15 is 0 Å². The van der Waals surface area contributed by atoms with E-state index < -0.39 is 48.3 Å². The van der Waals surface area contributed by atoms with E-state index in [4.69, 9.17) is 32.6 Å². The molecule has 0 aliphatic rings. The molecule has 11 aromatic rings. The van der Waals surface area contributed by atoms with Gasteiger partial charge in [-0.05, 0) is 58.6 Å². The summed E-state index contributed by atoms with van der Waals surface area (Å²) >= 11 is 0. The third-order valence-electron chi connectivity index (χ3n) is 9.98. The smallest absolute Gasteiger partial charge is 0.227 e. The van der Waals surface area contributed by atoms with Gasteiger partial charge in [0.05, 0.1) is 33.3 Å². The number of hydrogen-bond donors (Lipinski definition) is 0. The normalized spacial score (nSPS) is 13.6. The zero-order valence-corrected chi connectivity index (χ0v) is 29.4. The summed E-state index contributed by atoms with van der Waals surface area (Å²) in [7, 11) is 0. The van der Waals surface area contributed by atoms with E-state index in [9.17, 15) is 2.74 Å². The number of para-hydroxylation sites is 3. The van der Waals surface area contributed by atoms with Gasteiger partial charge in [0, 0.05) is 27.1 Å². The maximum absolute atomic E-state index is 9.31. The summed E-state index contributed by atoms with van der Waals surface area (Å²) < 4.78 is 79.3. The van der Waals surface area contributed by atoms with Crippen molar-refractivity contribution in [1.29, 1.82) is 0 Å². The number of nitrogens with zero attached hydrogens (tertiary/aromatic N) is 5. The SMILES string of the molecule is [2H]c1c([2H])c([2H])c2c(c1[2H])c1c([2H])c([2H])c([2H])c([2H])c1n2-c1cccc(-c2ccc(-c3ccccc3)cc2)c1-c1nc(-c2ccccc2)nc(-c2ccc3c(n2)oc2ccccc23)n1. The van der Waals surface area contributed by atoms with Gasteiger partial charge in [-0.3, -0.25) is 0 Å². The first-order valence-corrected chi connectivity index (χ1v) is 18.0. The molecule has 0 spiro atoms. The summed E-state index contributed by atoms with van der Waals surface area (Å²) in [6, 6.07) is 40.4. The highest BCUT2D eigenvalue weighted by atomic mass is 16.3. The Morgan fingerprint density at radius 1 is 0.429 bits per heavy atom. The highest BCUT2D eigenvalue weighted by Crippen LogP contribution is 2.41. The van der Waals surface area contributed by atoms with Gasteiger partial charge in [0.1, 0.15) is 11.3 Å². The lowest BCUT2D eigenvalue weighted by Crippen LogP contribution is -2.05. The van der Waals surface area contributed by atoms with Crippen LogP contribution >= 0.6 is 0 Å². The van der Waals surface area contributed by atoms with Gasteiger partial charge in [-0.1, -0.05) is 152 Å². The summed E-state index contributed by atoms with van der Waals surface area (Å²) in [6.07, 6.45) is 0. The van der Waals surface area contributed by atoms with Crippen LogP contribution in [0.4, 0.5) is 0 Å². The minimum absolute atomic E-state index is 0.0274. The first-order valence-electron chi connectivity index (χ1n) is 22.0. The number of furan rings is 1. The molecular formula is C50H31N5O. The average molecular weight is 726 g/mol. The van der Waals surface area contributed by atoms with Crippen molar-refractivity contribution in [2.75, 3.05) is 0 Å². The lowest BCUT2D eigenvalue weighted by molar-refractivity contribution is 0.654. The number of aromatic nitrogens is 5. The van der Waals surface area contributed by atoms with Crippen molar-refractivity contribution in [3.8, 4) is 62.2 Å². The highest BCUT2D eigenvalue weighted by molar-refractivity contribution is 6.10. The van der Waals surface area contributed by atoms with Crippen LogP contribution in [0.5, 0.6) is 0 Å². The molecule has 0 atom stereocenters. The minimum Gasteiger partial charge on any atom is -0.438 e. The molecule has 0 amide bonds. The van der Waals surface area contributed by atoms with Crippen LogP contribution in [0.3, 0.4) is 0 Å². The second-order valence-corrected chi connectivity index (χ2v) is 13.2. The molecule has 11 rings (SSSR count). The minimum atomic E-state index is -0.528. The molecule has 0 aliphatic carbocycles. The Morgan fingerprint density at radius 3 is 1.79 bits per heavy atom. The van der Waals surface area contributed by atoms with Gasteiger partial charge in [-0.2, -0.15) is 0 Å². The summed E-state index contributed by atoms with van der Waals surface area (Å²) in [5, 5.41) is 1.66. The molecule has 0 bridgehead atoms. The first-order chi connectivity index (χ1) is 31.1. The standard InChI is InChI=1S/C50H31N5O/c1-3-14-32(15-4-1)33-26-28-34(29-27-33)36-21-13-24-44(55-42-22-10-7-18-37(42)38-19-8-11-23-43(38)55)46(36)49-53-47(35-16-5-2-6-17-35)52-48(54-49)41-31-30-40-39-20-9-12-25-45(39)56-50(40)51-41/h1-31H/i7D,8D,10D,11D,18D,19D,22D,23D. The molecule has 262 valence electrons. The molecule has 6 heteroatoms. The highest BCUT2D eigenvalue weighted by Gasteiger charge is 2.23. The second kappa shape index (κ2) is 13.0. The predicted molar refractivity (Wildman–Crippen MR) is 226 cm³/mol. The van der Waals surface area contributed by atoms with Crippen LogP contribution in [-0.2, 0) is 0 Å². The molecule has 4 heterocycles. The molecule has 0 aliphatic heterocycles. The van der Waals surface area contributed by atoms with Crippen molar-refractivity contribution in [1.82, 2.24) is 24.5 Å². The van der Waals surface area contributed by atoms with Crippen LogP contribution in [0.1, 0.15) is 11.0 Å². The quantitative estimate of drug-likeness (QED) is 0.171. The molecule has 6 nitrogen and oxygen atoms in total. The Labute approximate surface area is 333 Å². The molecular weight excluding hydrogens is 687 g/mol. The zero-order chi connectivity index (χ0) is 44.0. The van der Waals surface area contributed by atoms with E-state index in [0.717, 1.165) is 27.5 Å². The van der Waals surface area contributed by atoms with Crippen LogP contribution in [0.15, 0.2) is 192 Å². The van der Waals surface area contributed by atoms with Crippen LogP contribution in [0.2, 0.25) is 0 Å². The number of benzene rings is 7. The van der Waals surface area contributed by atoms with Crippen molar-refractivity contribution in [3.05, 3.63) is 188 Å². The fourth-order valence-corrected chi connectivity index (χ4v) is 7.39. The van der Waals surface area contributed by atoms with E-state index in [0.29, 0.717) is 45.2 Å². The van der Waals surface area contributed by atoms with Crippen LogP contribution in [0.25, 0.3) is 106 Å². The number of rotatable bonds is 6. The Kier molecular flexibility index (Phi) is 5.71. The summed E-state index contributed by atoms with van der Waals surface area (Å²) in [4.78, 5) is 20.1. The van der Waals surface area contributed by atoms with E-state index in [1.165, 1.54) is 4.57 Å². The van der Waals surface area contributed by atoms with Crippen LogP contribution in [-0.4, -0.2) is 24.5 Å². The molecule has 0 unspecified atom stereocenters. The average Bonchev–Trinajstić information content (AvgIpc) is 3.90. The molecule has 4 aromatic heterocycles. The monoisotopic (exact) mass is 725 g/mol. The Bertz CT molecular complexity index is 3630. The van der Waals surface area contributed by atoms with Crippen LogP contribution < -0.4 is 0 Å².